The Morgan fingerprint density at radius 2 is 1.00 bits per heavy atom. The van der Waals surface area contributed by atoms with Gasteiger partial charge in [-0.1, -0.05) is 0 Å². The zero-order chi connectivity index (χ0) is 15.9. The summed E-state index contributed by atoms with van der Waals surface area (Å²) in [6.07, 6.45) is -1.10. The van der Waals surface area contributed by atoms with Gasteiger partial charge in [0.25, 0.3) is 0 Å². The molecule has 0 aromatic carbocycles. The maximum absolute atomic E-state index is 5.92. The Hall–Kier alpha value is 0.514. The van der Waals surface area contributed by atoms with Crippen LogP contribution in [0.5, 0.6) is 0 Å². The van der Waals surface area contributed by atoms with E-state index in [4.69, 9.17) is 22.3 Å². The molecule has 5 nitrogen and oxygen atoms in total. The fourth-order valence-electron chi connectivity index (χ4n) is 1.67. The molecule has 0 spiro atoms. The predicted molar refractivity (Wildman–Crippen MR) is 72.5 cm³/mol. The first kappa shape index (κ1) is 20.5. The number of ether oxygens (including phenoxy) is 4. The third-order valence-electron chi connectivity index (χ3n) is 1.99. The van der Waals surface area contributed by atoms with Crippen molar-refractivity contribution in [3.8, 4) is 0 Å². The minimum atomic E-state index is -1.38. The summed E-state index contributed by atoms with van der Waals surface area (Å²) in [5.74, 6) is -1.38. The molecule has 0 saturated carbocycles. The van der Waals surface area contributed by atoms with Crippen LogP contribution in [0.15, 0.2) is 0 Å². The first-order chi connectivity index (χ1) is 9.12. The monoisotopic (exact) mass is 325 g/mol. The molecule has 0 aromatic heterocycles. The van der Waals surface area contributed by atoms with Crippen LogP contribution >= 0.6 is 0 Å². The Morgan fingerprint density at radius 1 is 0.650 bits per heavy atom. The fourth-order valence-corrected chi connectivity index (χ4v) is 1.98. The van der Waals surface area contributed by atoms with Crippen LogP contribution in [-0.4, -0.2) is 36.7 Å². The molecule has 119 valence electrons. The Balaban J connectivity index is 5.40. The van der Waals surface area contributed by atoms with Gasteiger partial charge in [-0.05, 0) is 0 Å². The van der Waals surface area contributed by atoms with Gasteiger partial charge in [-0.3, -0.25) is 0 Å². The Labute approximate surface area is 135 Å². The predicted octanol–water partition coefficient (Wildman–Crippen LogP) is 3.14. The molecule has 0 aromatic rings. The summed E-state index contributed by atoms with van der Waals surface area (Å²) in [4.78, 5) is 0. The van der Waals surface area contributed by atoms with Crippen molar-refractivity contribution in [2.24, 2.45) is 0 Å². The topological polar surface area (TPSA) is 46.2 Å². The Kier molecular flexibility index (Phi) is 9.76. The number of hydrogen-bond donors (Lipinski definition) is 0. The molecule has 1 atom stereocenters. The van der Waals surface area contributed by atoms with Crippen LogP contribution in [0.2, 0.25) is 0 Å². The van der Waals surface area contributed by atoms with Gasteiger partial charge in [-0.2, -0.15) is 0 Å². The van der Waals surface area contributed by atoms with E-state index in [0.29, 0.717) is 0 Å². The zero-order valence-corrected chi connectivity index (χ0v) is 15.5. The number of hydrogen-bond acceptors (Lipinski definition) is 5. The normalized spacial score (nSPS) is 14.8. The van der Waals surface area contributed by atoms with Crippen LogP contribution in [0.4, 0.5) is 0 Å². The van der Waals surface area contributed by atoms with E-state index in [1.165, 1.54) is 0 Å². The first-order valence-corrected chi connectivity index (χ1v) is 7.78. The van der Waals surface area contributed by atoms with Gasteiger partial charge in [0.15, 0.2) is 0 Å². The van der Waals surface area contributed by atoms with Crippen molar-refractivity contribution in [2.75, 3.05) is 0 Å². The van der Waals surface area contributed by atoms with E-state index in [0.717, 1.165) is 0 Å². The van der Waals surface area contributed by atoms with Crippen molar-refractivity contribution in [3.05, 3.63) is 0 Å². The van der Waals surface area contributed by atoms with Gasteiger partial charge in [0.2, 0.25) is 0 Å². The van der Waals surface area contributed by atoms with Crippen LogP contribution in [-0.2, 0) is 43.1 Å². The Bertz CT molecular complexity index is 229. The molecule has 0 saturated heterocycles. The van der Waals surface area contributed by atoms with E-state index in [2.05, 4.69) is 0 Å². The Morgan fingerprint density at radius 3 is 1.20 bits per heavy atom. The molecule has 0 aliphatic rings. The van der Waals surface area contributed by atoms with E-state index in [1.54, 1.807) is 20.8 Å². The summed E-state index contributed by atoms with van der Waals surface area (Å²) >= 11 is 1.55. The summed E-state index contributed by atoms with van der Waals surface area (Å²) < 4.78 is 29.0. The standard InChI is InChI=1S/C14H29O5.Ti/c1-9(2)16-13(15)14(17-10(3)4,18-11(5)6)19-12(7)8;/h9-13H,1-8H3;/q-1;+1. The third-order valence-corrected chi connectivity index (χ3v) is 2.33. The molecule has 0 rings (SSSR count). The van der Waals surface area contributed by atoms with Crippen LogP contribution in [0.25, 0.3) is 0 Å². The average Bonchev–Trinajstić information content (AvgIpc) is 2.21. The molecule has 6 heteroatoms. The van der Waals surface area contributed by atoms with E-state index in [1.807, 2.05) is 55.4 Å². The van der Waals surface area contributed by atoms with E-state index < -0.39 is 12.3 Å². The summed E-state index contributed by atoms with van der Waals surface area (Å²) in [5, 5.41) is 0. The number of rotatable bonds is 10. The van der Waals surface area contributed by atoms with Crippen molar-refractivity contribution < 1.29 is 43.1 Å². The van der Waals surface area contributed by atoms with Gasteiger partial charge in [0, 0.05) is 0 Å². The summed E-state index contributed by atoms with van der Waals surface area (Å²) in [7, 11) is 0. The third kappa shape index (κ3) is 7.50. The van der Waals surface area contributed by atoms with Gasteiger partial charge in [0.1, 0.15) is 0 Å². The van der Waals surface area contributed by atoms with Gasteiger partial charge < -0.3 is 0 Å². The second-order valence-corrected chi connectivity index (χ2v) is 6.11. The van der Waals surface area contributed by atoms with Gasteiger partial charge in [-0.15, -0.1) is 0 Å². The minimum absolute atomic E-state index is 0.0402. The molecule has 0 aliphatic carbocycles. The van der Waals surface area contributed by atoms with Gasteiger partial charge >= 0.3 is 135 Å². The van der Waals surface area contributed by atoms with Crippen molar-refractivity contribution in [2.45, 2.75) is 92.1 Å². The summed E-state index contributed by atoms with van der Waals surface area (Å²) in [5.41, 5.74) is 0. The van der Waals surface area contributed by atoms with Crippen molar-refractivity contribution in [1.82, 2.24) is 0 Å². The average molecular weight is 325 g/mol. The van der Waals surface area contributed by atoms with E-state index in [-0.39, 0.29) is 24.4 Å². The van der Waals surface area contributed by atoms with Crippen molar-refractivity contribution in [1.29, 1.82) is 0 Å². The molecule has 0 radical (unpaired) electrons. The van der Waals surface area contributed by atoms with Crippen molar-refractivity contribution in [3.63, 3.8) is 0 Å². The van der Waals surface area contributed by atoms with E-state index in [9.17, 15) is 0 Å². The molecule has 0 aliphatic heterocycles. The second-order valence-electron chi connectivity index (χ2n) is 5.74. The zero-order valence-electron chi connectivity index (χ0n) is 13.9. The fraction of sp³-hybridized carbons (Fsp3) is 1.00. The van der Waals surface area contributed by atoms with E-state index >= 15 is 0 Å². The molecular formula is C14H29O5Ti. The van der Waals surface area contributed by atoms with Crippen LogP contribution in [0, 0.1) is 0 Å². The molecule has 0 amide bonds. The summed E-state index contributed by atoms with van der Waals surface area (Å²) in [6, 6.07) is 0. The second kappa shape index (κ2) is 9.51. The molecule has 0 N–H and O–H groups in total. The first-order valence-electron chi connectivity index (χ1n) is 7.14. The SMILES string of the molecule is CC(C)OC([O][Ti])C(OC(C)C)(OC(C)C)OC(C)C. The molecule has 1 unspecified atom stereocenters. The molecule has 20 heavy (non-hydrogen) atoms. The van der Waals surface area contributed by atoms with Crippen LogP contribution in [0.3, 0.4) is 0 Å². The molecular weight excluding hydrogens is 296 g/mol. The van der Waals surface area contributed by atoms with Crippen LogP contribution in [0.1, 0.15) is 55.4 Å². The molecule has 0 heterocycles. The maximum atomic E-state index is 5.92. The summed E-state index contributed by atoms with van der Waals surface area (Å²) in [6.45, 7) is 15.4. The molecule has 0 fully saturated rings. The van der Waals surface area contributed by atoms with Gasteiger partial charge in [0.05, 0.1) is 0 Å². The van der Waals surface area contributed by atoms with Crippen molar-refractivity contribution >= 4 is 0 Å². The quantitative estimate of drug-likeness (QED) is 0.456. The molecule has 0 bridgehead atoms. The van der Waals surface area contributed by atoms with Gasteiger partial charge in [-0.25, -0.2) is 0 Å². The van der Waals surface area contributed by atoms with Crippen LogP contribution < -0.4 is 0 Å².